The minimum Gasteiger partial charge on any atom is -0.326 e. The van der Waals surface area contributed by atoms with Crippen LogP contribution < -0.4 is 10.6 Å². The van der Waals surface area contributed by atoms with Gasteiger partial charge in [0.2, 0.25) is 5.91 Å². The molecule has 23 heavy (non-hydrogen) atoms. The third kappa shape index (κ3) is 4.20. The van der Waals surface area contributed by atoms with Crippen molar-refractivity contribution in [2.24, 2.45) is 0 Å². The number of nitrogens with one attached hydrogen (secondary N) is 2. The molecule has 0 bridgehead atoms. The van der Waals surface area contributed by atoms with E-state index in [2.05, 4.69) is 41.8 Å². The second-order valence-corrected chi connectivity index (χ2v) is 6.16. The van der Waals surface area contributed by atoms with Crippen LogP contribution in [-0.2, 0) is 30.6 Å². The lowest BCUT2D eigenvalue weighted by Crippen LogP contribution is -2.15. The molecule has 0 aromatic heterocycles. The minimum atomic E-state index is 0.0450. The van der Waals surface area contributed by atoms with Crippen molar-refractivity contribution in [3.8, 4) is 0 Å². The predicted octanol–water partition coefficient (Wildman–Crippen LogP) is 3.47. The van der Waals surface area contributed by atoms with E-state index in [9.17, 15) is 4.79 Å². The summed E-state index contributed by atoms with van der Waals surface area (Å²) in [4.78, 5) is 12.3. The van der Waals surface area contributed by atoms with E-state index in [-0.39, 0.29) is 5.91 Å². The highest BCUT2D eigenvalue weighted by Crippen LogP contribution is 2.23. The summed E-state index contributed by atoms with van der Waals surface area (Å²) in [7, 11) is 0. The molecule has 1 aliphatic carbocycles. The second kappa shape index (κ2) is 7.42. The topological polar surface area (TPSA) is 41.1 Å². The zero-order chi connectivity index (χ0) is 16.1. The molecule has 3 nitrogen and oxygen atoms in total. The zero-order valence-corrected chi connectivity index (χ0v) is 13.7. The third-order valence-electron chi connectivity index (χ3n) is 4.32. The Morgan fingerprint density at radius 1 is 1.04 bits per heavy atom. The van der Waals surface area contributed by atoms with Crippen molar-refractivity contribution in [2.75, 3.05) is 11.9 Å². The van der Waals surface area contributed by atoms with Crippen molar-refractivity contribution in [1.82, 2.24) is 5.32 Å². The van der Waals surface area contributed by atoms with Crippen LogP contribution in [-0.4, -0.2) is 12.5 Å². The fraction of sp³-hybridized carbons (Fsp3) is 0.350. The molecule has 2 aromatic carbocycles. The van der Waals surface area contributed by atoms with Gasteiger partial charge in [-0.05, 0) is 60.2 Å². The fourth-order valence-electron chi connectivity index (χ4n) is 3.15. The van der Waals surface area contributed by atoms with Crippen LogP contribution in [0.5, 0.6) is 0 Å². The van der Waals surface area contributed by atoms with Gasteiger partial charge in [0.1, 0.15) is 0 Å². The lowest BCUT2D eigenvalue weighted by molar-refractivity contribution is -0.115. The Bertz CT molecular complexity index is 694. The van der Waals surface area contributed by atoms with Crippen molar-refractivity contribution >= 4 is 11.6 Å². The van der Waals surface area contributed by atoms with Gasteiger partial charge in [-0.25, -0.2) is 0 Å². The van der Waals surface area contributed by atoms with E-state index in [0.717, 1.165) is 30.8 Å². The Hall–Kier alpha value is -2.13. The average Bonchev–Trinajstić information content (AvgIpc) is 3.01. The molecule has 0 heterocycles. The van der Waals surface area contributed by atoms with Gasteiger partial charge in [0, 0.05) is 12.2 Å². The number of anilines is 1. The Balaban J connectivity index is 1.61. The van der Waals surface area contributed by atoms with Crippen molar-refractivity contribution in [3.63, 3.8) is 0 Å². The van der Waals surface area contributed by atoms with E-state index in [1.54, 1.807) is 0 Å². The fourth-order valence-corrected chi connectivity index (χ4v) is 3.15. The number of rotatable bonds is 6. The highest BCUT2D eigenvalue weighted by atomic mass is 16.1. The van der Waals surface area contributed by atoms with Crippen LogP contribution in [0.2, 0.25) is 0 Å². The van der Waals surface area contributed by atoms with Gasteiger partial charge in [0.05, 0.1) is 6.42 Å². The van der Waals surface area contributed by atoms with E-state index in [1.807, 2.05) is 18.2 Å². The molecule has 0 radical (unpaired) electrons. The minimum absolute atomic E-state index is 0.0450. The number of hydrogen-bond donors (Lipinski definition) is 2. The summed E-state index contributed by atoms with van der Waals surface area (Å²) in [6.07, 6.45) is 4.01. The van der Waals surface area contributed by atoms with Crippen LogP contribution in [0.3, 0.4) is 0 Å². The molecule has 2 N–H and O–H groups in total. The van der Waals surface area contributed by atoms with E-state index in [1.165, 1.54) is 29.5 Å². The molecule has 0 saturated carbocycles. The van der Waals surface area contributed by atoms with Crippen molar-refractivity contribution in [3.05, 3.63) is 64.7 Å². The van der Waals surface area contributed by atoms with Crippen LogP contribution in [0.4, 0.5) is 5.69 Å². The quantitative estimate of drug-likeness (QED) is 0.858. The maximum atomic E-state index is 12.3. The lowest BCUT2D eigenvalue weighted by atomic mass is 10.0. The zero-order valence-electron chi connectivity index (χ0n) is 13.7. The lowest BCUT2D eigenvalue weighted by Gasteiger charge is -2.09. The molecule has 1 aliphatic rings. The van der Waals surface area contributed by atoms with Crippen LogP contribution in [0.1, 0.15) is 35.6 Å². The molecular weight excluding hydrogens is 284 g/mol. The summed E-state index contributed by atoms with van der Waals surface area (Å²) in [5.74, 6) is 0.0450. The molecule has 0 unspecified atom stereocenters. The van der Waals surface area contributed by atoms with Crippen LogP contribution >= 0.6 is 0 Å². The van der Waals surface area contributed by atoms with E-state index >= 15 is 0 Å². The Morgan fingerprint density at radius 3 is 2.78 bits per heavy atom. The molecular formula is C20H24N2O. The normalized spacial score (nSPS) is 12.9. The summed E-state index contributed by atoms with van der Waals surface area (Å²) in [5.41, 5.74) is 6.02. The summed E-state index contributed by atoms with van der Waals surface area (Å²) in [6.45, 7) is 3.85. The number of aryl methyl sites for hydroxylation is 2. The van der Waals surface area contributed by atoms with E-state index in [4.69, 9.17) is 0 Å². The standard InChI is InChI=1S/C20H24N2O/c1-2-21-14-16-5-3-8-19(12-16)22-20(23)13-15-9-10-17-6-4-7-18(17)11-15/h3,5,8-12,21H,2,4,6-7,13-14H2,1H3,(H,22,23). The summed E-state index contributed by atoms with van der Waals surface area (Å²) in [5, 5.41) is 6.30. The van der Waals surface area contributed by atoms with Crippen LogP contribution in [0, 0.1) is 0 Å². The first-order valence-corrected chi connectivity index (χ1v) is 8.45. The van der Waals surface area contributed by atoms with Crippen molar-refractivity contribution in [2.45, 2.75) is 39.2 Å². The first kappa shape index (κ1) is 15.8. The Kier molecular flexibility index (Phi) is 5.09. The number of fused-ring (bicyclic) bond motifs is 1. The molecule has 0 saturated heterocycles. The van der Waals surface area contributed by atoms with Crippen molar-refractivity contribution < 1.29 is 4.79 Å². The number of hydrogen-bond acceptors (Lipinski definition) is 2. The molecule has 0 aliphatic heterocycles. The van der Waals surface area contributed by atoms with Crippen LogP contribution in [0.15, 0.2) is 42.5 Å². The molecule has 3 heteroatoms. The smallest absolute Gasteiger partial charge is 0.228 e. The van der Waals surface area contributed by atoms with Gasteiger partial charge in [0.15, 0.2) is 0 Å². The molecule has 3 rings (SSSR count). The average molecular weight is 308 g/mol. The van der Waals surface area contributed by atoms with Crippen LogP contribution in [0.25, 0.3) is 0 Å². The number of benzene rings is 2. The summed E-state index contributed by atoms with van der Waals surface area (Å²) in [6, 6.07) is 14.5. The molecule has 0 fully saturated rings. The number of carbonyl (C=O) groups is 1. The maximum absolute atomic E-state index is 12.3. The highest BCUT2D eigenvalue weighted by molar-refractivity contribution is 5.92. The van der Waals surface area contributed by atoms with Crippen molar-refractivity contribution in [1.29, 1.82) is 0 Å². The predicted molar refractivity (Wildman–Crippen MR) is 94.6 cm³/mol. The monoisotopic (exact) mass is 308 g/mol. The van der Waals surface area contributed by atoms with Gasteiger partial charge >= 0.3 is 0 Å². The third-order valence-corrected chi connectivity index (χ3v) is 4.32. The SMILES string of the molecule is CCNCc1cccc(NC(=O)Cc2ccc3c(c2)CCC3)c1. The summed E-state index contributed by atoms with van der Waals surface area (Å²) < 4.78 is 0. The maximum Gasteiger partial charge on any atom is 0.228 e. The first-order chi connectivity index (χ1) is 11.2. The van der Waals surface area contributed by atoms with Gasteiger partial charge < -0.3 is 10.6 Å². The molecule has 0 atom stereocenters. The number of carbonyl (C=O) groups excluding carboxylic acids is 1. The Morgan fingerprint density at radius 2 is 1.91 bits per heavy atom. The largest absolute Gasteiger partial charge is 0.326 e. The first-order valence-electron chi connectivity index (χ1n) is 8.45. The van der Waals surface area contributed by atoms with Gasteiger partial charge in [-0.15, -0.1) is 0 Å². The summed E-state index contributed by atoms with van der Waals surface area (Å²) >= 11 is 0. The Labute approximate surface area is 138 Å². The highest BCUT2D eigenvalue weighted by Gasteiger charge is 2.12. The second-order valence-electron chi connectivity index (χ2n) is 6.16. The van der Waals surface area contributed by atoms with Gasteiger partial charge in [-0.1, -0.05) is 37.3 Å². The van der Waals surface area contributed by atoms with Gasteiger partial charge in [-0.3, -0.25) is 4.79 Å². The molecule has 1 amide bonds. The van der Waals surface area contributed by atoms with Gasteiger partial charge in [-0.2, -0.15) is 0 Å². The van der Waals surface area contributed by atoms with E-state index < -0.39 is 0 Å². The molecule has 120 valence electrons. The number of amides is 1. The van der Waals surface area contributed by atoms with Gasteiger partial charge in [0.25, 0.3) is 0 Å². The van der Waals surface area contributed by atoms with E-state index in [0.29, 0.717) is 6.42 Å². The molecule has 0 spiro atoms. The molecule has 2 aromatic rings.